The second-order valence-electron chi connectivity index (χ2n) is 11.0. The zero-order chi connectivity index (χ0) is 29.0. The van der Waals surface area contributed by atoms with E-state index in [0.717, 1.165) is 25.7 Å². The van der Waals surface area contributed by atoms with Gasteiger partial charge < -0.3 is 29.5 Å². The summed E-state index contributed by atoms with van der Waals surface area (Å²) >= 11 is 0. The minimum atomic E-state index is -3.98. The lowest BCUT2D eigenvalue weighted by Crippen LogP contribution is -2.52. The predicted molar refractivity (Wildman–Crippen MR) is 150 cm³/mol. The number of anilines is 1. The number of amides is 3. The smallest absolute Gasteiger partial charge is 0.317 e. The zero-order valence-corrected chi connectivity index (χ0v) is 24.4. The van der Waals surface area contributed by atoms with Crippen LogP contribution in [0.25, 0.3) is 0 Å². The minimum Gasteiger partial charge on any atom is -0.487 e. The van der Waals surface area contributed by atoms with Crippen molar-refractivity contribution in [2.75, 3.05) is 31.5 Å². The highest BCUT2D eigenvalue weighted by Gasteiger charge is 2.34. The normalized spacial score (nSPS) is 21.0. The van der Waals surface area contributed by atoms with Crippen LogP contribution in [0.3, 0.4) is 0 Å². The van der Waals surface area contributed by atoms with Gasteiger partial charge in [-0.2, -0.15) is 8.42 Å². The first-order valence-corrected chi connectivity index (χ1v) is 15.2. The monoisotopic (exact) mass is 576 g/mol. The first-order chi connectivity index (χ1) is 19.0. The maximum atomic E-state index is 13.7. The summed E-state index contributed by atoms with van der Waals surface area (Å²) in [5.74, 6) is -0.277. The first kappa shape index (κ1) is 29.7. The first-order valence-electron chi connectivity index (χ1n) is 13.7. The molecule has 4 rings (SSSR count). The van der Waals surface area contributed by atoms with Gasteiger partial charge in [0.25, 0.3) is 15.9 Å². The average Bonchev–Trinajstić information content (AvgIpc) is 3.38. The largest absolute Gasteiger partial charge is 0.487 e. The molecule has 13 heteroatoms. The van der Waals surface area contributed by atoms with E-state index < -0.39 is 22.2 Å². The van der Waals surface area contributed by atoms with Crippen LogP contribution in [0, 0.1) is 5.92 Å². The van der Waals surface area contributed by atoms with Crippen LogP contribution in [-0.2, 0) is 17.1 Å². The molecule has 0 saturated heterocycles. The van der Waals surface area contributed by atoms with Gasteiger partial charge in [0.2, 0.25) is 0 Å². The lowest BCUT2D eigenvalue weighted by Gasteiger charge is -2.38. The van der Waals surface area contributed by atoms with Crippen LogP contribution < -0.4 is 14.8 Å². The summed E-state index contributed by atoms with van der Waals surface area (Å²) in [6, 6.07) is 4.03. The van der Waals surface area contributed by atoms with E-state index in [1.807, 2.05) is 6.92 Å². The molecule has 220 valence electrons. The number of aliphatic hydroxyl groups excluding tert-OH is 1. The van der Waals surface area contributed by atoms with Crippen molar-refractivity contribution in [1.82, 2.24) is 24.7 Å². The molecule has 1 aromatic carbocycles. The Morgan fingerprint density at radius 2 is 2.00 bits per heavy atom. The number of aryl methyl sites for hydroxylation is 1. The molecule has 1 fully saturated rings. The van der Waals surface area contributed by atoms with Gasteiger partial charge in [-0.25, -0.2) is 9.78 Å². The molecule has 1 aliphatic carbocycles. The number of nitrogens with one attached hydrogen (secondary N) is 2. The Labute approximate surface area is 235 Å². The molecule has 12 nitrogen and oxygen atoms in total. The molecule has 0 radical (unpaired) electrons. The van der Waals surface area contributed by atoms with Crippen molar-refractivity contribution in [2.45, 2.75) is 69.2 Å². The Hall–Kier alpha value is -3.32. The molecule has 1 aromatic heterocycles. The summed E-state index contributed by atoms with van der Waals surface area (Å²) in [6.07, 6.45) is 7.68. The summed E-state index contributed by atoms with van der Waals surface area (Å²) in [5, 5.41) is 12.9. The SMILES string of the molecule is C[C@H](CO)N1C[C@H](C)[C@H](CN(C)C(=O)NC2CCCCC2)Oc2ccc(NS(=O)(=O)c3cn(C)cn3)cc2C1=O. The number of hydrogen-bond acceptors (Lipinski definition) is 7. The van der Waals surface area contributed by atoms with Crippen LogP contribution in [0.1, 0.15) is 56.3 Å². The van der Waals surface area contributed by atoms with Gasteiger partial charge in [0, 0.05) is 44.5 Å². The van der Waals surface area contributed by atoms with Crippen LogP contribution in [0.5, 0.6) is 5.75 Å². The number of likely N-dealkylation sites (N-methyl/N-ethyl adjacent to an activating group) is 1. The van der Waals surface area contributed by atoms with Crippen molar-refractivity contribution in [3.8, 4) is 5.75 Å². The van der Waals surface area contributed by atoms with Gasteiger partial charge in [0.1, 0.15) is 11.9 Å². The van der Waals surface area contributed by atoms with E-state index in [1.54, 1.807) is 36.9 Å². The van der Waals surface area contributed by atoms with Crippen molar-refractivity contribution in [3.63, 3.8) is 0 Å². The number of aromatic nitrogens is 2. The van der Waals surface area contributed by atoms with Crippen LogP contribution in [-0.4, -0.2) is 89.7 Å². The van der Waals surface area contributed by atoms with E-state index in [-0.39, 0.29) is 65.6 Å². The fraction of sp³-hybridized carbons (Fsp3) is 0.593. The average molecular weight is 577 g/mol. The predicted octanol–water partition coefficient (Wildman–Crippen LogP) is 2.42. The van der Waals surface area contributed by atoms with E-state index in [1.165, 1.54) is 35.6 Å². The van der Waals surface area contributed by atoms with E-state index >= 15 is 0 Å². The van der Waals surface area contributed by atoms with E-state index in [0.29, 0.717) is 0 Å². The van der Waals surface area contributed by atoms with Gasteiger partial charge in [-0.15, -0.1) is 0 Å². The third kappa shape index (κ3) is 6.87. The Morgan fingerprint density at radius 1 is 1.27 bits per heavy atom. The summed E-state index contributed by atoms with van der Waals surface area (Å²) in [5.41, 5.74) is 0.333. The van der Waals surface area contributed by atoms with Crippen molar-refractivity contribution >= 4 is 27.6 Å². The van der Waals surface area contributed by atoms with Gasteiger partial charge in [0.05, 0.1) is 31.1 Å². The number of ether oxygens (including phenoxy) is 1. The van der Waals surface area contributed by atoms with Gasteiger partial charge in [-0.1, -0.05) is 26.2 Å². The van der Waals surface area contributed by atoms with E-state index in [2.05, 4.69) is 15.0 Å². The van der Waals surface area contributed by atoms with Crippen LogP contribution in [0.15, 0.2) is 35.7 Å². The van der Waals surface area contributed by atoms with Gasteiger partial charge >= 0.3 is 6.03 Å². The van der Waals surface area contributed by atoms with Gasteiger partial charge in [-0.05, 0) is 38.0 Å². The quantitative estimate of drug-likeness (QED) is 0.437. The van der Waals surface area contributed by atoms with Gasteiger partial charge in [-0.3, -0.25) is 9.52 Å². The molecule has 2 heterocycles. The maximum absolute atomic E-state index is 13.7. The number of carbonyl (C=O) groups excluding carboxylic acids is 2. The number of carbonyl (C=O) groups is 2. The number of imidazole rings is 1. The molecule has 3 N–H and O–H groups in total. The molecular formula is C27H40N6O6S. The van der Waals surface area contributed by atoms with Crippen molar-refractivity contribution in [1.29, 1.82) is 0 Å². The molecule has 3 atom stereocenters. The highest BCUT2D eigenvalue weighted by atomic mass is 32.2. The molecule has 0 unspecified atom stereocenters. The molecule has 0 spiro atoms. The molecule has 3 amide bonds. The molecule has 1 aliphatic heterocycles. The lowest BCUT2D eigenvalue weighted by molar-refractivity contribution is 0.0366. The van der Waals surface area contributed by atoms with Crippen LogP contribution >= 0.6 is 0 Å². The number of benzene rings is 1. The Balaban J connectivity index is 1.59. The van der Waals surface area contributed by atoms with Crippen LogP contribution in [0.4, 0.5) is 10.5 Å². The van der Waals surface area contributed by atoms with E-state index in [4.69, 9.17) is 4.74 Å². The third-order valence-electron chi connectivity index (χ3n) is 7.61. The Bertz CT molecular complexity index is 1310. The number of fused-ring (bicyclic) bond motifs is 1. The third-order valence-corrected chi connectivity index (χ3v) is 8.87. The van der Waals surface area contributed by atoms with Gasteiger partial charge in [0.15, 0.2) is 5.03 Å². The molecule has 2 aromatic rings. The molecule has 40 heavy (non-hydrogen) atoms. The Kier molecular flexibility index (Phi) is 9.24. The number of rotatable bonds is 8. The number of sulfonamides is 1. The molecule has 1 saturated carbocycles. The highest BCUT2D eigenvalue weighted by molar-refractivity contribution is 7.92. The molecule has 0 bridgehead atoms. The second-order valence-corrected chi connectivity index (χ2v) is 12.6. The maximum Gasteiger partial charge on any atom is 0.317 e. The molecule has 2 aliphatic rings. The van der Waals surface area contributed by atoms with Crippen molar-refractivity contribution < 1.29 is 27.9 Å². The zero-order valence-electron chi connectivity index (χ0n) is 23.5. The number of aliphatic hydroxyl groups is 1. The van der Waals surface area contributed by atoms with Crippen LogP contribution in [0.2, 0.25) is 0 Å². The number of hydrogen-bond donors (Lipinski definition) is 3. The summed E-state index contributed by atoms with van der Waals surface area (Å²) in [7, 11) is -0.593. The molecular weight excluding hydrogens is 536 g/mol. The van der Waals surface area contributed by atoms with Crippen molar-refractivity contribution in [2.24, 2.45) is 13.0 Å². The van der Waals surface area contributed by atoms with E-state index in [9.17, 15) is 23.1 Å². The fourth-order valence-corrected chi connectivity index (χ4v) is 6.16. The standard InChI is InChI=1S/C27H40N6O6S/c1-18-13-33(19(2)16-34)26(35)22-12-21(30-40(37,38)25-15-31(3)17-28-25)10-11-23(22)39-24(18)14-32(4)27(36)29-20-8-6-5-7-9-20/h10-12,15,17-20,24,30,34H,5-9,13-14,16H2,1-4H3,(H,29,36)/t18-,19+,24-/m0/s1. The second kappa shape index (κ2) is 12.5. The number of urea groups is 1. The summed E-state index contributed by atoms with van der Waals surface area (Å²) in [4.78, 5) is 33.7. The topological polar surface area (TPSA) is 146 Å². The summed E-state index contributed by atoms with van der Waals surface area (Å²) in [6.45, 7) is 4.02. The lowest BCUT2D eigenvalue weighted by atomic mass is 9.96. The highest BCUT2D eigenvalue weighted by Crippen LogP contribution is 2.31. The summed E-state index contributed by atoms with van der Waals surface area (Å²) < 4.78 is 36.0. The minimum absolute atomic E-state index is 0.150. The van der Waals surface area contributed by atoms with Crippen molar-refractivity contribution in [3.05, 3.63) is 36.3 Å². The Morgan fingerprint density at radius 3 is 2.65 bits per heavy atom. The fourth-order valence-electron chi connectivity index (χ4n) is 5.12. The number of nitrogens with zero attached hydrogens (tertiary/aromatic N) is 4.